The van der Waals surface area contributed by atoms with E-state index in [1.54, 1.807) is 0 Å². The van der Waals surface area contributed by atoms with Crippen molar-refractivity contribution in [3.05, 3.63) is 17.0 Å². The number of aliphatic hydroxyl groups is 1. The van der Waals surface area contributed by atoms with Gasteiger partial charge in [-0.25, -0.2) is 0 Å². The number of hydrogen-bond acceptors (Lipinski definition) is 3. The topological polar surface area (TPSA) is 46.3 Å². The number of aliphatic hydroxyl groups excluding tert-OH is 1. The first-order valence-corrected chi connectivity index (χ1v) is 5.68. The van der Waals surface area contributed by atoms with Crippen LogP contribution in [0.15, 0.2) is 4.52 Å². The van der Waals surface area contributed by atoms with Crippen LogP contribution < -0.4 is 0 Å². The smallest absolute Gasteiger partial charge is 0.391 e. The Hall–Kier alpha value is -1.04. The van der Waals surface area contributed by atoms with Crippen LogP contribution in [0.2, 0.25) is 0 Å². The van der Waals surface area contributed by atoms with E-state index in [2.05, 4.69) is 5.16 Å². The Morgan fingerprint density at radius 3 is 2.53 bits per heavy atom. The van der Waals surface area contributed by atoms with Crippen molar-refractivity contribution in [2.24, 2.45) is 5.92 Å². The fourth-order valence-electron chi connectivity index (χ4n) is 2.31. The highest BCUT2D eigenvalue weighted by atomic mass is 19.4. The SMILES string of the molecule is OCc1c([C@@H]2C[C@H]2C(F)(F)F)noc1C1CC1. The quantitative estimate of drug-likeness (QED) is 0.893. The maximum atomic E-state index is 12.5. The van der Waals surface area contributed by atoms with E-state index in [-0.39, 0.29) is 18.9 Å². The van der Waals surface area contributed by atoms with E-state index in [1.165, 1.54) is 0 Å². The van der Waals surface area contributed by atoms with Gasteiger partial charge in [0.15, 0.2) is 0 Å². The molecule has 0 radical (unpaired) electrons. The molecule has 0 spiro atoms. The van der Waals surface area contributed by atoms with Crippen LogP contribution in [0.4, 0.5) is 13.2 Å². The summed E-state index contributed by atoms with van der Waals surface area (Å²) in [6, 6.07) is 0. The van der Waals surface area contributed by atoms with Gasteiger partial charge in [-0.15, -0.1) is 0 Å². The molecule has 2 fully saturated rings. The fourth-order valence-corrected chi connectivity index (χ4v) is 2.31. The molecule has 0 saturated heterocycles. The Labute approximate surface area is 95.6 Å². The maximum absolute atomic E-state index is 12.5. The molecule has 6 heteroatoms. The average Bonchev–Trinajstić information content (AvgIpc) is 3.13. The van der Waals surface area contributed by atoms with Gasteiger partial charge in [-0.1, -0.05) is 5.16 Å². The minimum Gasteiger partial charge on any atom is -0.391 e. The molecule has 1 aromatic heterocycles. The van der Waals surface area contributed by atoms with Crippen molar-refractivity contribution in [2.45, 2.75) is 43.9 Å². The molecule has 2 aliphatic rings. The lowest BCUT2D eigenvalue weighted by molar-refractivity contribution is -0.148. The number of rotatable bonds is 3. The number of nitrogens with zero attached hydrogens (tertiary/aromatic N) is 1. The van der Waals surface area contributed by atoms with Crippen LogP contribution in [0.5, 0.6) is 0 Å². The molecule has 3 rings (SSSR count). The summed E-state index contributed by atoms with van der Waals surface area (Å²) in [5.41, 5.74) is 0.806. The van der Waals surface area contributed by atoms with Crippen LogP contribution in [0.3, 0.4) is 0 Å². The van der Waals surface area contributed by atoms with E-state index < -0.39 is 18.0 Å². The first-order chi connectivity index (χ1) is 8.02. The zero-order chi connectivity index (χ0) is 12.2. The molecule has 2 saturated carbocycles. The minimum absolute atomic E-state index is 0.0626. The van der Waals surface area contributed by atoms with Gasteiger partial charge in [-0.3, -0.25) is 0 Å². The molecule has 1 N–H and O–H groups in total. The van der Waals surface area contributed by atoms with Gasteiger partial charge in [0.05, 0.1) is 18.2 Å². The van der Waals surface area contributed by atoms with Crippen LogP contribution >= 0.6 is 0 Å². The summed E-state index contributed by atoms with van der Waals surface area (Å²) in [5, 5.41) is 13.0. The molecule has 94 valence electrons. The predicted octanol–water partition coefficient (Wildman–Crippen LogP) is 2.71. The second kappa shape index (κ2) is 3.48. The van der Waals surface area contributed by atoms with Crippen molar-refractivity contribution in [2.75, 3.05) is 0 Å². The number of aromatic nitrogens is 1. The fraction of sp³-hybridized carbons (Fsp3) is 0.727. The number of hydrogen-bond donors (Lipinski definition) is 1. The van der Waals surface area contributed by atoms with Gasteiger partial charge in [0.1, 0.15) is 5.76 Å². The van der Waals surface area contributed by atoms with Gasteiger partial charge < -0.3 is 9.63 Å². The third-order valence-corrected chi connectivity index (χ3v) is 3.52. The Morgan fingerprint density at radius 2 is 2.06 bits per heavy atom. The first-order valence-electron chi connectivity index (χ1n) is 5.68. The van der Waals surface area contributed by atoms with Crippen LogP contribution in [0, 0.1) is 5.92 Å². The van der Waals surface area contributed by atoms with Gasteiger partial charge in [0, 0.05) is 17.4 Å². The Morgan fingerprint density at radius 1 is 1.35 bits per heavy atom. The molecule has 0 aliphatic heterocycles. The number of halogens is 3. The van der Waals surface area contributed by atoms with Gasteiger partial charge in [0.2, 0.25) is 0 Å². The van der Waals surface area contributed by atoms with Crippen molar-refractivity contribution in [3.63, 3.8) is 0 Å². The standard InChI is InChI=1S/C11H12F3NO2/c12-11(13,14)8-3-6(8)9-7(4-16)10(17-15-9)5-1-2-5/h5-6,8,16H,1-4H2/t6-,8-/m1/s1. The third-order valence-electron chi connectivity index (χ3n) is 3.52. The zero-order valence-electron chi connectivity index (χ0n) is 9.00. The van der Waals surface area contributed by atoms with E-state index in [0.29, 0.717) is 17.0 Å². The van der Waals surface area contributed by atoms with Gasteiger partial charge in [0.25, 0.3) is 0 Å². The third kappa shape index (κ3) is 1.84. The molecule has 3 nitrogen and oxygen atoms in total. The summed E-state index contributed by atoms with van der Waals surface area (Å²) in [6.07, 6.45) is -2.17. The summed E-state index contributed by atoms with van der Waals surface area (Å²) in [5.74, 6) is -1.09. The molecule has 1 aromatic rings. The largest absolute Gasteiger partial charge is 0.392 e. The summed E-state index contributed by atoms with van der Waals surface area (Å²) < 4.78 is 42.5. The zero-order valence-corrected chi connectivity index (χ0v) is 9.00. The minimum atomic E-state index is -4.17. The Kier molecular flexibility index (Phi) is 2.26. The molecule has 0 aromatic carbocycles. The van der Waals surface area contributed by atoms with Crippen molar-refractivity contribution < 1.29 is 22.8 Å². The normalized spacial score (nSPS) is 28.5. The maximum Gasteiger partial charge on any atom is 0.392 e. The lowest BCUT2D eigenvalue weighted by Gasteiger charge is -2.04. The highest BCUT2D eigenvalue weighted by Gasteiger charge is 2.58. The predicted molar refractivity (Wildman–Crippen MR) is 51.3 cm³/mol. The average molecular weight is 247 g/mol. The van der Waals surface area contributed by atoms with Crippen molar-refractivity contribution in [1.82, 2.24) is 5.16 Å². The summed E-state index contributed by atoms with van der Waals surface area (Å²) in [7, 11) is 0. The van der Waals surface area contributed by atoms with Crippen LogP contribution in [0.1, 0.15) is 48.1 Å². The number of alkyl halides is 3. The van der Waals surface area contributed by atoms with E-state index in [9.17, 15) is 18.3 Å². The molecular weight excluding hydrogens is 235 g/mol. The Bertz CT molecular complexity index is 436. The molecule has 0 amide bonds. The Balaban J connectivity index is 1.85. The second-order valence-electron chi connectivity index (χ2n) is 4.83. The van der Waals surface area contributed by atoms with Gasteiger partial charge in [-0.05, 0) is 19.3 Å². The van der Waals surface area contributed by atoms with Gasteiger partial charge in [-0.2, -0.15) is 13.2 Å². The summed E-state index contributed by atoms with van der Waals surface area (Å²) in [4.78, 5) is 0. The molecule has 2 aliphatic carbocycles. The van der Waals surface area contributed by atoms with E-state index in [0.717, 1.165) is 12.8 Å². The monoisotopic (exact) mass is 247 g/mol. The van der Waals surface area contributed by atoms with Crippen molar-refractivity contribution in [1.29, 1.82) is 0 Å². The van der Waals surface area contributed by atoms with Crippen molar-refractivity contribution in [3.8, 4) is 0 Å². The lowest BCUT2D eigenvalue weighted by atomic mass is 10.1. The second-order valence-corrected chi connectivity index (χ2v) is 4.83. The molecule has 0 bridgehead atoms. The van der Waals surface area contributed by atoms with Crippen LogP contribution in [0.25, 0.3) is 0 Å². The highest BCUT2D eigenvalue weighted by molar-refractivity contribution is 5.33. The molecule has 1 heterocycles. The summed E-state index contributed by atoms with van der Waals surface area (Å²) in [6.45, 7) is -0.286. The van der Waals surface area contributed by atoms with Crippen LogP contribution in [-0.4, -0.2) is 16.4 Å². The van der Waals surface area contributed by atoms with E-state index in [4.69, 9.17) is 4.52 Å². The van der Waals surface area contributed by atoms with E-state index >= 15 is 0 Å². The molecule has 17 heavy (non-hydrogen) atoms. The molecular formula is C11H12F3NO2. The van der Waals surface area contributed by atoms with E-state index in [1.807, 2.05) is 0 Å². The van der Waals surface area contributed by atoms with Gasteiger partial charge >= 0.3 is 6.18 Å². The summed E-state index contributed by atoms with van der Waals surface area (Å²) >= 11 is 0. The van der Waals surface area contributed by atoms with Crippen molar-refractivity contribution >= 4 is 0 Å². The highest BCUT2D eigenvalue weighted by Crippen LogP contribution is 2.57. The molecule has 0 unspecified atom stereocenters. The molecule has 2 atom stereocenters. The lowest BCUT2D eigenvalue weighted by Crippen LogP contribution is -2.12. The van der Waals surface area contributed by atoms with Crippen LogP contribution in [-0.2, 0) is 6.61 Å². The first kappa shape index (κ1) is 11.1.